The Morgan fingerprint density at radius 2 is 1.59 bits per heavy atom. The number of hydrogen-bond donors (Lipinski definition) is 3. The molecule has 0 bridgehead atoms. The molecule has 1 aromatic heterocycles. The van der Waals surface area contributed by atoms with Crippen LogP contribution in [0.2, 0.25) is 0 Å². The molecule has 0 saturated heterocycles. The molecular formula is C28H26FN3O4S. The largest absolute Gasteiger partial charge is 0.480 e. The molecule has 0 aliphatic heterocycles. The summed E-state index contributed by atoms with van der Waals surface area (Å²) in [6.07, 6.45) is 1.71. The minimum absolute atomic E-state index is 0.0215. The molecule has 0 saturated carbocycles. The van der Waals surface area contributed by atoms with Crippen molar-refractivity contribution < 1.29 is 22.7 Å². The lowest BCUT2D eigenvalue weighted by Crippen LogP contribution is -2.42. The molecule has 190 valence electrons. The van der Waals surface area contributed by atoms with Crippen molar-refractivity contribution in [2.75, 3.05) is 5.32 Å². The van der Waals surface area contributed by atoms with Crippen LogP contribution in [0.5, 0.6) is 0 Å². The van der Waals surface area contributed by atoms with Gasteiger partial charge in [-0.25, -0.2) is 22.5 Å². The summed E-state index contributed by atoms with van der Waals surface area (Å²) in [5, 5.41) is 12.9. The zero-order valence-electron chi connectivity index (χ0n) is 19.8. The molecule has 3 aromatic carbocycles. The smallest absolute Gasteiger partial charge is 0.322 e. The van der Waals surface area contributed by atoms with Crippen LogP contribution < -0.4 is 10.0 Å². The van der Waals surface area contributed by atoms with E-state index in [-0.39, 0.29) is 6.42 Å². The van der Waals surface area contributed by atoms with Crippen LogP contribution >= 0.6 is 0 Å². The van der Waals surface area contributed by atoms with Crippen LogP contribution in [0.3, 0.4) is 0 Å². The van der Waals surface area contributed by atoms with E-state index in [4.69, 9.17) is 0 Å². The van der Waals surface area contributed by atoms with E-state index in [1.807, 2.05) is 48.5 Å². The number of sulfonamides is 1. The van der Waals surface area contributed by atoms with E-state index >= 15 is 0 Å². The summed E-state index contributed by atoms with van der Waals surface area (Å²) in [6.45, 7) is 0.612. The number of nitrogens with one attached hydrogen (secondary N) is 2. The quantitative estimate of drug-likeness (QED) is 0.267. The highest BCUT2D eigenvalue weighted by Crippen LogP contribution is 2.22. The van der Waals surface area contributed by atoms with Gasteiger partial charge in [0.2, 0.25) is 10.0 Å². The van der Waals surface area contributed by atoms with Gasteiger partial charge in [0.25, 0.3) is 0 Å². The molecule has 0 amide bonds. The highest BCUT2D eigenvalue weighted by Gasteiger charge is 2.24. The second kappa shape index (κ2) is 11.8. The second-order valence-electron chi connectivity index (χ2n) is 8.56. The summed E-state index contributed by atoms with van der Waals surface area (Å²) in [6, 6.07) is 24.7. The first-order valence-electron chi connectivity index (χ1n) is 11.6. The topological polar surface area (TPSA) is 108 Å². The van der Waals surface area contributed by atoms with E-state index in [0.717, 1.165) is 34.6 Å². The van der Waals surface area contributed by atoms with Gasteiger partial charge in [0.1, 0.15) is 17.7 Å². The van der Waals surface area contributed by atoms with E-state index in [2.05, 4.69) is 21.1 Å². The van der Waals surface area contributed by atoms with Crippen molar-refractivity contribution >= 4 is 21.8 Å². The van der Waals surface area contributed by atoms with Crippen molar-refractivity contribution in [3.05, 3.63) is 120 Å². The normalized spacial score (nSPS) is 12.1. The van der Waals surface area contributed by atoms with Crippen LogP contribution in [0.1, 0.15) is 16.7 Å². The lowest BCUT2D eigenvalue weighted by atomic mass is 9.99. The molecule has 37 heavy (non-hydrogen) atoms. The standard InChI is InChI=1S/C28H26FN3O4S/c29-25-13-9-21(10-14-25)19-37(35,36)32-26(28(33)34)17-20-7-11-23(12-8-20)24-5-3-4-22(16-24)18-31-27-6-1-2-15-30-27/h1-16,26,32H,17-19H2,(H,30,31)(H,33,34)/t26-/m0/s1. The summed E-state index contributed by atoms with van der Waals surface area (Å²) in [5.74, 6) is -1.41. The van der Waals surface area contributed by atoms with Gasteiger partial charge in [-0.1, -0.05) is 60.7 Å². The van der Waals surface area contributed by atoms with Crippen molar-refractivity contribution in [2.45, 2.75) is 24.8 Å². The summed E-state index contributed by atoms with van der Waals surface area (Å²) < 4.78 is 40.4. The van der Waals surface area contributed by atoms with Gasteiger partial charge in [0.05, 0.1) is 5.75 Å². The molecule has 9 heteroatoms. The van der Waals surface area contributed by atoms with E-state index in [0.29, 0.717) is 17.7 Å². The maximum absolute atomic E-state index is 13.1. The number of rotatable bonds is 11. The van der Waals surface area contributed by atoms with Gasteiger partial charge in [-0.3, -0.25) is 4.79 Å². The molecule has 1 heterocycles. The summed E-state index contributed by atoms with van der Waals surface area (Å²) in [5.41, 5.74) is 4.07. The minimum Gasteiger partial charge on any atom is -0.480 e. The second-order valence-corrected chi connectivity index (χ2v) is 10.3. The Balaban J connectivity index is 1.40. The summed E-state index contributed by atoms with van der Waals surface area (Å²) in [4.78, 5) is 16.0. The maximum atomic E-state index is 13.1. The van der Waals surface area contributed by atoms with E-state index < -0.39 is 33.6 Å². The molecule has 4 rings (SSSR count). The van der Waals surface area contributed by atoms with Gasteiger partial charge >= 0.3 is 5.97 Å². The van der Waals surface area contributed by atoms with Gasteiger partial charge in [-0.2, -0.15) is 0 Å². The predicted octanol–water partition coefficient (Wildman–Crippen LogP) is 4.62. The molecule has 0 aliphatic rings. The zero-order chi connectivity index (χ0) is 26.3. The van der Waals surface area contributed by atoms with Crippen molar-refractivity contribution in [3.63, 3.8) is 0 Å². The summed E-state index contributed by atoms with van der Waals surface area (Å²) >= 11 is 0. The zero-order valence-corrected chi connectivity index (χ0v) is 20.7. The Morgan fingerprint density at radius 1 is 0.865 bits per heavy atom. The third kappa shape index (κ3) is 7.70. The Bertz CT molecular complexity index is 1450. The summed E-state index contributed by atoms with van der Waals surface area (Å²) in [7, 11) is -3.96. The molecule has 0 aliphatic carbocycles. The average molecular weight is 520 g/mol. The van der Waals surface area contributed by atoms with Gasteiger partial charge in [0.15, 0.2) is 0 Å². The number of halogens is 1. The molecule has 0 fully saturated rings. The third-order valence-electron chi connectivity index (χ3n) is 5.68. The van der Waals surface area contributed by atoms with Crippen molar-refractivity contribution in [1.29, 1.82) is 0 Å². The Morgan fingerprint density at radius 3 is 2.27 bits per heavy atom. The molecule has 0 unspecified atom stereocenters. The highest BCUT2D eigenvalue weighted by atomic mass is 32.2. The first-order chi connectivity index (χ1) is 17.8. The van der Waals surface area contributed by atoms with Crippen molar-refractivity contribution in [2.24, 2.45) is 0 Å². The van der Waals surface area contributed by atoms with Gasteiger partial charge in [-0.15, -0.1) is 0 Å². The van der Waals surface area contributed by atoms with Crippen LogP contribution in [0.15, 0.2) is 97.2 Å². The number of carbonyl (C=O) groups is 1. The molecule has 0 radical (unpaired) electrons. The Labute approximate surface area is 215 Å². The minimum atomic E-state index is -3.96. The molecule has 7 nitrogen and oxygen atoms in total. The number of aromatic nitrogens is 1. The van der Waals surface area contributed by atoms with Gasteiger partial charge < -0.3 is 10.4 Å². The fourth-order valence-electron chi connectivity index (χ4n) is 3.83. The van der Waals surface area contributed by atoms with Crippen molar-refractivity contribution in [1.82, 2.24) is 9.71 Å². The lowest BCUT2D eigenvalue weighted by Gasteiger charge is -2.15. The molecule has 0 spiro atoms. The molecular weight excluding hydrogens is 493 g/mol. The molecule has 1 atom stereocenters. The Hall–Kier alpha value is -4.08. The number of carboxylic acids is 1. The van der Waals surface area contributed by atoms with Crippen LogP contribution in [0.25, 0.3) is 11.1 Å². The van der Waals surface area contributed by atoms with Gasteiger partial charge in [-0.05, 0) is 64.6 Å². The van der Waals surface area contributed by atoms with Crippen LogP contribution in [0, 0.1) is 5.82 Å². The SMILES string of the molecule is O=C(O)[C@H](Cc1ccc(-c2cccc(CNc3ccccn3)c2)cc1)NS(=O)(=O)Cc1ccc(F)cc1. The number of anilines is 1. The number of hydrogen-bond acceptors (Lipinski definition) is 5. The monoisotopic (exact) mass is 519 g/mol. The van der Waals surface area contributed by atoms with E-state index in [9.17, 15) is 22.7 Å². The number of carboxylic acid groups (broad SMARTS) is 1. The predicted molar refractivity (Wildman–Crippen MR) is 141 cm³/mol. The van der Waals surface area contributed by atoms with Crippen LogP contribution in [0.4, 0.5) is 10.2 Å². The van der Waals surface area contributed by atoms with Gasteiger partial charge in [0, 0.05) is 12.7 Å². The highest BCUT2D eigenvalue weighted by molar-refractivity contribution is 7.88. The van der Waals surface area contributed by atoms with Crippen molar-refractivity contribution in [3.8, 4) is 11.1 Å². The number of aliphatic carboxylic acids is 1. The van der Waals surface area contributed by atoms with Crippen LogP contribution in [-0.2, 0) is 33.5 Å². The molecule has 4 aromatic rings. The fourth-order valence-corrected chi connectivity index (χ4v) is 5.16. The maximum Gasteiger partial charge on any atom is 0.322 e. The number of benzene rings is 3. The first-order valence-corrected chi connectivity index (χ1v) is 13.2. The average Bonchev–Trinajstić information content (AvgIpc) is 2.89. The first kappa shape index (κ1) is 26.0. The lowest BCUT2D eigenvalue weighted by molar-refractivity contribution is -0.138. The van der Waals surface area contributed by atoms with E-state index in [1.165, 1.54) is 12.1 Å². The van der Waals surface area contributed by atoms with Crippen LogP contribution in [-0.4, -0.2) is 30.5 Å². The molecule has 3 N–H and O–H groups in total. The third-order valence-corrected chi connectivity index (χ3v) is 7.04. The number of pyridine rings is 1. The number of nitrogens with zero attached hydrogens (tertiary/aromatic N) is 1. The fraction of sp³-hybridized carbons (Fsp3) is 0.143. The van der Waals surface area contributed by atoms with E-state index in [1.54, 1.807) is 18.3 Å². The Kier molecular flexibility index (Phi) is 8.27.